The Morgan fingerprint density at radius 2 is 2.02 bits per heavy atom. The molecule has 48 heavy (non-hydrogen) atoms. The Bertz CT molecular complexity index is 2000. The van der Waals surface area contributed by atoms with Crippen LogP contribution in [0.3, 0.4) is 0 Å². The average molecular weight is 701 g/mol. The maximum absolute atomic E-state index is 17.2. The molecule has 0 bridgehead atoms. The van der Waals surface area contributed by atoms with Crippen LogP contribution >= 0.6 is 22.9 Å². The lowest BCUT2D eigenvalue weighted by Crippen LogP contribution is -2.48. The van der Waals surface area contributed by atoms with Gasteiger partial charge in [0, 0.05) is 17.5 Å². The smallest absolute Gasteiger partial charge is 0.319 e. The van der Waals surface area contributed by atoms with Gasteiger partial charge in [0.25, 0.3) is 6.43 Å². The summed E-state index contributed by atoms with van der Waals surface area (Å²) in [6.45, 7) is 4.40. The lowest BCUT2D eigenvalue weighted by atomic mass is 9.92. The number of nitrogens with zero attached hydrogens (tertiary/aromatic N) is 5. The zero-order valence-corrected chi connectivity index (χ0v) is 27.7. The summed E-state index contributed by atoms with van der Waals surface area (Å²) in [5.74, 6) is -0.898. The van der Waals surface area contributed by atoms with E-state index in [1.807, 2.05) is 6.07 Å². The number of fused-ring (bicyclic) bond motifs is 4. The second kappa shape index (κ2) is 11.8. The first-order valence-electron chi connectivity index (χ1n) is 16.3. The highest BCUT2D eigenvalue weighted by molar-refractivity contribution is 7.23. The summed E-state index contributed by atoms with van der Waals surface area (Å²) in [7, 11) is 0. The molecule has 4 aliphatic heterocycles. The van der Waals surface area contributed by atoms with Gasteiger partial charge in [0.15, 0.2) is 11.6 Å². The summed E-state index contributed by atoms with van der Waals surface area (Å²) < 4.78 is 74.5. The van der Waals surface area contributed by atoms with E-state index < -0.39 is 30.1 Å². The van der Waals surface area contributed by atoms with Gasteiger partial charge in [-0.15, -0.1) is 11.3 Å². The van der Waals surface area contributed by atoms with E-state index in [9.17, 15) is 14.0 Å². The first-order valence-corrected chi connectivity index (χ1v) is 17.5. The van der Waals surface area contributed by atoms with Crippen LogP contribution in [0.15, 0.2) is 12.1 Å². The van der Waals surface area contributed by atoms with E-state index in [4.69, 9.17) is 31.8 Å². The van der Waals surface area contributed by atoms with Gasteiger partial charge >= 0.3 is 6.01 Å². The molecule has 4 atom stereocenters. The molecule has 3 fully saturated rings. The van der Waals surface area contributed by atoms with Crippen molar-refractivity contribution in [2.24, 2.45) is 5.92 Å². The molecule has 0 aliphatic carbocycles. The summed E-state index contributed by atoms with van der Waals surface area (Å²) in [5, 5.41) is 10.0. The topological polar surface area (TPSA) is 101 Å². The third kappa shape index (κ3) is 4.77. The van der Waals surface area contributed by atoms with Crippen LogP contribution in [-0.4, -0.2) is 65.2 Å². The number of nitrogen functional groups attached to an aromatic ring is 1. The van der Waals surface area contributed by atoms with Gasteiger partial charge in [-0.1, -0.05) is 37.4 Å². The van der Waals surface area contributed by atoms with Crippen molar-refractivity contribution in [3.8, 4) is 29.0 Å². The number of benzene rings is 2. The highest BCUT2D eigenvalue weighted by Gasteiger charge is 2.48. The van der Waals surface area contributed by atoms with Crippen LogP contribution in [0.25, 0.3) is 32.1 Å². The third-order valence-electron chi connectivity index (χ3n) is 10.6. The first kappa shape index (κ1) is 31.7. The van der Waals surface area contributed by atoms with Crippen LogP contribution < -0.4 is 20.1 Å². The Morgan fingerprint density at radius 3 is 2.81 bits per heavy atom. The maximum Gasteiger partial charge on any atom is 0.319 e. The number of rotatable bonds is 5. The van der Waals surface area contributed by atoms with Crippen molar-refractivity contribution in [2.75, 3.05) is 36.9 Å². The van der Waals surface area contributed by atoms with E-state index in [2.05, 4.69) is 16.8 Å². The molecule has 0 radical (unpaired) electrons. The number of alkyl halides is 2. The van der Waals surface area contributed by atoms with E-state index in [0.717, 1.165) is 43.7 Å². The van der Waals surface area contributed by atoms with Gasteiger partial charge < -0.3 is 20.1 Å². The minimum atomic E-state index is -2.70. The molecule has 2 N–H and O–H groups in total. The molecule has 8 rings (SSSR count). The largest absolute Gasteiger partial charge is 0.489 e. The van der Waals surface area contributed by atoms with Crippen molar-refractivity contribution < 1.29 is 27.0 Å². The minimum Gasteiger partial charge on any atom is -0.489 e. The molecule has 0 amide bonds. The molecule has 3 saturated heterocycles. The Labute approximate surface area is 283 Å². The Kier molecular flexibility index (Phi) is 7.77. The summed E-state index contributed by atoms with van der Waals surface area (Å²) in [4.78, 5) is 13.3. The van der Waals surface area contributed by atoms with E-state index in [1.165, 1.54) is 12.1 Å². The van der Waals surface area contributed by atoms with Gasteiger partial charge in [-0.2, -0.15) is 15.2 Å². The predicted molar refractivity (Wildman–Crippen MR) is 177 cm³/mol. The highest BCUT2D eigenvalue weighted by Crippen LogP contribution is 2.52. The summed E-state index contributed by atoms with van der Waals surface area (Å²) >= 11 is 7.89. The van der Waals surface area contributed by atoms with E-state index in [-0.39, 0.29) is 90.5 Å². The summed E-state index contributed by atoms with van der Waals surface area (Å²) in [5.41, 5.74) is 5.63. The number of aromatic nitrogens is 2. The fourth-order valence-electron chi connectivity index (χ4n) is 8.59. The second-order valence-electron chi connectivity index (χ2n) is 13.6. The molecule has 0 saturated carbocycles. The number of hydrogen-bond donors (Lipinski definition) is 1. The van der Waals surface area contributed by atoms with E-state index in [1.54, 1.807) is 4.90 Å². The molecular weight excluding hydrogens is 668 g/mol. The number of nitriles is 1. The highest BCUT2D eigenvalue weighted by atomic mass is 35.5. The Balaban J connectivity index is 1.37. The monoisotopic (exact) mass is 700 g/mol. The molecule has 8 nitrogen and oxygen atoms in total. The zero-order chi connectivity index (χ0) is 33.5. The molecule has 6 heterocycles. The van der Waals surface area contributed by atoms with E-state index >= 15 is 8.78 Å². The van der Waals surface area contributed by atoms with Crippen molar-refractivity contribution in [1.29, 1.82) is 5.26 Å². The average Bonchev–Trinajstić information content (AvgIpc) is 3.59. The Morgan fingerprint density at radius 1 is 1.21 bits per heavy atom. The van der Waals surface area contributed by atoms with Gasteiger partial charge in [-0.3, -0.25) is 4.90 Å². The lowest BCUT2D eigenvalue weighted by molar-refractivity contribution is 0.102. The molecule has 4 aliphatic rings. The Hall–Kier alpha value is -3.60. The second-order valence-corrected chi connectivity index (χ2v) is 15.0. The number of halogens is 5. The van der Waals surface area contributed by atoms with Crippen LogP contribution in [0.5, 0.6) is 11.8 Å². The van der Waals surface area contributed by atoms with Gasteiger partial charge in [-0.25, -0.2) is 17.6 Å². The molecule has 2 aromatic heterocycles. The van der Waals surface area contributed by atoms with Crippen LogP contribution in [-0.2, 0) is 0 Å². The van der Waals surface area contributed by atoms with Crippen molar-refractivity contribution >= 4 is 54.7 Å². The number of thiophene rings is 1. The van der Waals surface area contributed by atoms with Crippen LogP contribution in [0, 0.1) is 28.9 Å². The van der Waals surface area contributed by atoms with Crippen LogP contribution in [0.1, 0.15) is 57.4 Å². The number of ether oxygens (including phenoxy) is 2. The van der Waals surface area contributed by atoms with Gasteiger partial charge in [0.2, 0.25) is 0 Å². The molecule has 252 valence electrons. The molecule has 3 unspecified atom stereocenters. The molecule has 14 heteroatoms. The standard InChI is InChI=1S/C34H33ClF4N6O2S/c1-16-11-34(9-4-10-44(34)13-16)15-47-33-42-27-24-28(46-14-17-5-2-3-6-21(30(38)39)45(17)32(24)43-33)25(35)23(26(27)37)18-7-8-20(36)29-22(18)19(12-40)31(41)48-29/h7-8,16-17,21,30H,2-6,9-11,13-15,41H2,1H3/t16-,17?,21?,34?/m1/s1. The van der Waals surface area contributed by atoms with Crippen molar-refractivity contribution in [3.63, 3.8) is 0 Å². The number of anilines is 2. The fourth-order valence-corrected chi connectivity index (χ4v) is 9.87. The minimum absolute atomic E-state index is 0.000699. The zero-order valence-electron chi connectivity index (χ0n) is 26.2. The van der Waals surface area contributed by atoms with Crippen molar-refractivity contribution in [2.45, 2.75) is 75.9 Å². The van der Waals surface area contributed by atoms with E-state index in [0.29, 0.717) is 25.2 Å². The van der Waals surface area contributed by atoms with Crippen molar-refractivity contribution in [1.82, 2.24) is 14.9 Å². The normalized spacial score (nSPS) is 25.5. The van der Waals surface area contributed by atoms with Gasteiger partial charge in [-0.05, 0) is 56.2 Å². The SMILES string of the molecule is C[C@H]1CN2CCCC2(COc2nc3c4c(c(Cl)c(-c5ccc(F)c6sc(N)c(C#N)c56)c(F)c4n2)OCC2CCCCC(C(F)F)N32)C1. The van der Waals surface area contributed by atoms with Crippen molar-refractivity contribution in [3.05, 3.63) is 34.4 Å². The number of nitrogens with two attached hydrogens (primary N) is 1. The summed E-state index contributed by atoms with van der Waals surface area (Å²) in [6, 6.07) is 2.71. The molecule has 4 aromatic rings. The molecular formula is C34H33ClF4N6O2S. The fraction of sp³-hybridized carbons (Fsp3) is 0.500. The number of hydrogen-bond acceptors (Lipinski definition) is 9. The third-order valence-corrected chi connectivity index (χ3v) is 12.0. The first-order chi connectivity index (χ1) is 23.1. The maximum atomic E-state index is 17.2. The lowest BCUT2D eigenvalue weighted by Gasteiger charge is -2.36. The molecule has 2 aromatic carbocycles. The predicted octanol–water partition coefficient (Wildman–Crippen LogP) is 7.93. The molecule has 0 spiro atoms. The quantitative estimate of drug-likeness (QED) is 0.210. The summed E-state index contributed by atoms with van der Waals surface area (Å²) in [6.07, 6.45) is 2.29. The van der Waals surface area contributed by atoms with Crippen LogP contribution in [0.4, 0.5) is 28.4 Å². The van der Waals surface area contributed by atoms with Gasteiger partial charge in [0.1, 0.15) is 41.4 Å². The van der Waals surface area contributed by atoms with Crippen LogP contribution in [0.2, 0.25) is 5.02 Å². The van der Waals surface area contributed by atoms with Gasteiger partial charge in [0.05, 0.1) is 38.3 Å².